The second-order valence-electron chi connectivity index (χ2n) is 10.7. The van der Waals surface area contributed by atoms with E-state index in [1.54, 1.807) is 0 Å². The van der Waals surface area contributed by atoms with Crippen molar-refractivity contribution >= 4 is 53.1 Å². The smallest absolute Gasteiger partial charge is 0.173 e. The number of aromatic nitrogens is 1. The molecule has 37 heavy (non-hydrogen) atoms. The Hall–Kier alpha value is -1.50. The molecule has 0 bridgehead atoms. The Labute approximate surface area is 239 Å². The minimum atomic E-state index is 0. The first-order valence-electron chi connectivity index (χ1n) is 13.3. The number of rotatable bonds is 8. The van der Waals surface area contributed by atoms with Gasteiger partial charge in [-0.1, -0.05) is 28.9 Å². The van der Waals surface area contributed by atoms with Gasteiger partial charge in [0.2, 0.25) is 0 Å². The number of fused-ring (bicyclic) bond motifs is 1. The molecular formula is C29H41Cl3N4O. The topological polar surface area (TPSA) is 35.8 Å². The summed E-state index contributed by atoms with van der Waals surface area (Å²) in [7, 11) is 4.27. The zero-order chi connectivity index (χ0) is 24.2. The van der Waals surface area contributed by atoms with E-state index < -0.39 is 0 Å². The first kappa shape index (κ1) is 30.0. The van der Waals surface area contributed by atoms with Gasteiger partial charge in [0.05, 0.1) is 5.69 Å². The van der Waals surface area contributed by atoms with Crippen LogP contribution in [0.1, 0.15) is 55.3 Å². The van der Waals surface area contributed by atoms with Crippen molar-refractivity contribution in [2.24, 2.45) is 5.92 Å². The molecule has 0 amide bonds. The van der Waals surface area contributed by atoms with E-state index in [-0.39, 0.29) is 24.8 Å². The lowest BCUT2D eigenvalue weighted by atomic mass is 9.90. The van der Waals surface area contributed by atoms with E-state index in [1.165, 1.54) is 73.8 Å². The second-order valence-corrected chi connectivity index (χ2v) is 11.2. The van der Waals surface area contributed by atoms with Gasteiger partial charge in [0, 0.05) is 47.8 Å². The summed E-state index contributed by atoms with van der Waals surface area (Å²) in [5, 5.41) is 6.60. The van der Waals surface area contributed by atoms with Crippen LogP contribution in [0.5, 0.6) is 0 Å². The number of nitrogens with zero attached hydrogens (tertiary/aromatic N) is 4. The molecule has 0 atom stereocenters. The van der Waals surface area contributed by atoms with Gasteiger partial charge >= 0.3 is 0 Å². The van der Waals surface area contributed by atoms with Gasteiger partial charge in [-0.25, -0.2) is 0 Å². The third kappa shape index (κ3) is 7.54. The van der Waals surface area contributed by atoms with Crippen molar-refractivity contribution in [3.63, 3.8) is 0 Å². The molecule has 0 unspecified atom stereocenters. The second kappa shape index (κ2) is 14.0. The molecule has 2 aromatic carbocycles. The first-order chi connectivity index (χ1) is 17.1. The predicted molar refractivity (Wildman–Crippen MR) is 160 cm³/mol. The standard InChI is InChI=1S/C29H39ClN4O.2ClH/c1-32(2)21-26-28(34-16-4-3-5-17-34)13-11-25-27(31-35-29(25)26)12-8-22-14-18-33(19-15-22)20-23-6-9-24(30)10-7-23;;/h6-7,9-11,13,22H,3-5,8,12,14-21H2,1-2H3;2*1H. The van der Waals surface area contributed by atoms with E-state index >= 15 is 0 Å². The highest BCUT2D eigenvalue weighted by molar-refractivity contribution is 6.30. The molecule has 5 nitrogen and oxygen atoms in total. The lowest BCUT2D eigenvalue weighted by Gasteiger charge is -2.32. The summed E-state index contributed by atoms with van der Waals surface area (Å²) in [4.78, 5) is 7.35. The number of benzene rings is 2. The van der Waals surface area contributed by atoms with Crippen molar-refractivity contribution in [1.82, 2.24) is 15.0 Å². The van der Waals surface area contributed by atoms with Crippen LogP contribution in [0.15, 0.2) is 40.9 Å². The molecular weight excluding hydrogens is 527 g/mol. The third-order valence-electron chi connectivity index (χ3n) is 7.78. The van der Waals surface area contributed by atoms with Gasteiger partial charge in [0.15, 0.2) is 5.58 Å². The summed E-state index contributed by atoms with van der Waals surface area (Å²) in [6.45, 7) is 6.51. The van der Waals surface area contributed by atoms with Crippen molar-refractivity contribution in [3.05, 3.63) is 58.2 Å². The van der Waals surface area contributed by atoms with Crippen LogP contribution < -0.4 is 4.90 Å². The zero-order valence-corrected chi connectivity index (χ0v) is 24.5. The molecule has 0 spiro atoms. The van der Waals surface area contributed by atoms with Crippen LogP contribution >= 0.6 is 36.4 Å². The average molecular weight is 568 g/mol. The Morgan fingerprint density at radius 2 is 1.65 bits per heavy atom. The maximum absolute atomic E-state index is 6.03. The fourth-order valence-electron chi connectivity index (χ4n) is 5.80. The van der Waals surface area contributed by atoms with Crippen LogP contribution in [0.4, 0.5) is 5.69 Å². The number of anilines is 1. The molecule has 2 aliphatic rings. The van der Waals surface area contributed by atoms with Crippen molar-refractivity contribution in [3.8, 4) is 0 Å². The highest BCUT2D eigenvalue weighted by atomic mass is 35.5. The van der Waals surface area contributed by atoms with Crippen LogP contribution in [0.2, 0.25) is 5.02 Å². The zero-order valence-electron chi connectivity index (χ0n) is 22.1. The molecule has 2 aliphatic heterocycles. The molecule has 0 N–H and O–H groups in total. The highest BCUT2D eigenvalue weighted by Crippen LogP contribution is 2.34. The number of hydrogen-bond acceptors (Lipinski definition) is 5. The molecule has 204 valence electrons. The lowest BCUT2D eigenvalue weighted by Crippen LogP contribution is -2.33. The monoisotopic (exact) mass is 566 g/mol. The Bertz CT molecular complexity index is 1100. The van der Waals surface area contributed by atoms with Gasteiger partial charge in [-0.05, 0) is 108 Å². The van der Waals surface area contributed by atoms with Crippen LogP contribution in [0.3, 0.4) is 0 Å². The molecule has 3 aromatic rings. The Morgan fingerprint density at radius 3 is 2.32 bits per heavy atom. The maximum atomic E-state index is 6.03. The van der Waals surface area contributed by atoms with Crippen LogP contribution in [0, 0.1) is 5.92 Å². The molecule has 0 aliphatic carbocycles. The molecule has 0 saturated carbocycles. The number of hydrogen-bond donors (Lipinski definition) is 0. The molecule has 1 aromatic heterocycles. The first-order valence-corrected chi connectivity index (χ1v) is 13.7. The van der Waals surface area contributed by atoms with Crippen molar-refractivity contribution in [2.45, 2.75) is 58.0 Å². The minimum Gasteiger partial charge on any atom is -0.371 e. The van der Waals surface area contributed by atoms with E-state index in [1.807, 2.05) is 12.1 Å². The molecule has 2 fully saturated rings. The SMILES string of the molecule is CN(C)Cc1c(N2CCCCC2)ccc2c(CCC3CCN(Cc4ccc(Cl)cc4)CC3)noc12.Cl.Cl. The maximum Gasteiger partial charge on any atom is 0.173 e. The van der Waals surface area contributed by atoms with Gasteiger partial charge in [-0.3, -0.25) is 4.90 Å². The molecule has 3 heterocycles. The quantitative estimate of drug-likeness (QED) is 0.287. The largest absolute Gasteiger partial charge is 0.371 e. The van der Waals surface area contributed by atoms with E-state index in [4.69, 9.17) is 16.1 Å². The fraction of sp³-hybridized carbons (Fsp3) is 0.552. The number of halogens is 3. The summed E-state index contributed by atoms with van der Waals surface area (Å²) in [6.07, 6.45) is 8.60. The normalized spacial score (nSPS) is 17.1. The van der Waals surface area contributed by atoms with Crippen LogP contribution in [-0.2, 0) is 19.5 Å². The van der Waals surface area contributed by atoms with Crippen molar-refractivity contribution in [2.75, 3.05) is 45.2 Å². The molecule has 0 radical (unpaired) electrons. The number of piperidine rings is 2. The van der Waals surface area contributed by atoms with E-state index in [0.29, 0.717) is 0 Å². The molecule has 5 rings (SSSR count). The van der Waals surface area contributed by atoms with Gasteiger partial charge < -0.3 is 14.3 Å². The summed E-state index contributed by atoms with van der Waals surface area (Å²) in [6, 6.07) is 12.9. The molecule has 2 saturated heterocycles. The highest BCUT2D eigenvalue weighted by Gasteiger charge is 2.23. The Balaban J connectivity index is 0.00000190. The van der Waals surface area contributed by atoms with Gasteiger partial charge in [0.1, 0.15) is 0 Å². The van der Waals surface area contributed by atoms with Crippen LogP contribution in [-0.4, -0.2) is 55.2 Å². The van der Waals surface area contributed by atoms with Gasteiger partial charge in [0.25, 0.3) is 0 Å². The van der Waals surface area contributed by atoms with E-state index in [2.05, 4.69) is 58.2 Å². The van der Waals surface area contributed by atoms with Crippen molar-refractivity contribution < 1.29 is 4.52 Å². The predicted octanol–water partition coefficient (Wildman–Crippen LogP) is 7.22. The summed E-state index contributed by atoms with van der Waals surface area (Å²) < 4.78 is 6.02. The van der Waals surface area contributed by atoms with Gasteiger partial charge in [-0.15, -0.1) is 24.8 Å². The molecule has 8 heteroatoms. The Morgan fingerprint density at radius 1 is 0.946 bits per heavy atom. The van der Waals surface area contributed by atoms with Crippen molar-refractivity contribution in [1.29, 1.82) is 0 Å². The third-order valence-corrected chi connectivity index (χ3v) is 8.03. The summed E-state index contributed by atoms with van der Waals surface area (Å²) in [5.74, 6) is 0.761. The lowest BCUT2D eigenvalue weighted by molar-refractivity contribution is 0.172. The summed E-state index contributed by atoms with van der Waals surface area (Å²) >= 11 is 6.03. The fourth-order valence-corrected chi connectivity index (χ4v) is 5.93. The van der Waals surface area contributed by atoms with E-state index in [9.17, 15) is 0 Å². The number of likely N-dealkylation sites (tertiary alicyclic amines) is 1. The Kier molecular flexibility index (Phi) is 11.4. The average Bonchev–Trinajstić information content (AvgIpc) is 3.29. The van der Waals surface area contributed by atoms with Gasteiger partial charge in [-0.2, -0.15) is 0 Å². The van der Waals surface area contributed by atoms with E-state index in [0.717, 1.165) is 54.8 Å². The number of aryl methyl sites for hydroxylation is 1. The summed E-state index contributed by atoms with van der Waals surface area (Å²) in [5.41, 5.74) is 6.10. The minimum absolute atomic E-state index is 0. The van der Waals surface area contributed by atoms with Crippen LogP contribution in [0.25, 0.3) is 11.0 Å².